The number of rotatable bonds is 5. The molecular formula is C14H22BrCl2N. The van der Waals surface area contributed by atoms with Crippen molar-refractivity contribution in [2.24, 2.45) is 0 Å². The average Bonchev–Trinajstić information content (AvgIpc) is 2.25. The van der Waals surface area contributed by atoms with Gasteiger partial charge in [0.05, 0.1) is 12.1 Å². The molecule has 1 rings (SSSR count). The van der Waals surface area contributed by atoms with Gasteiger partial charge in [-0.25, -0.2) is 0 Å². The first-order chi connectivity index (χ1) is 7.95. The number of hydrogen-bond donors (Lipinski definition) is 1. The number of hydrogen-bond acceptors (Lipinski definition) is 0. The van der Waals surface area contributed by atoms with Gasteiger partial charge < -0.3 is 17.3 Å². The van der Waals surface area contributed by atoms with Crippen molar-refractivity contribution in [2.75, 3.05) is 12.4 Å². The standard InChI is InChI=1S/C14H21BrClN.ClH/c1-14(2,3)17(10-6-9-16)11-12-7-4-5-8-13(12)15;/h4-5,7-8H,6,9-11H2,1-3H3;1H. The zero-order chi connectivity index (χ0) is 12.9. The van der Waals surface area contributed by atoms with Crippen LogP contribution < -0.4 is 17.3 Å². The highest BCUT2D eigenvalue weighted by Crippen LogP contribution is 2.15. The van der Waals surface area contributed by atoms with Crippen LogP contribution in [0.4, 0.5) is 0 Å². The van der Waals surface area contributed by atoms with E-state index in [1.807, 2.05) is 0 Å². The van der Waals surface area contributed by atoms with Crippen molar-refractivity contribution in [3.05, 3.63) is 34.3 Å². The Balaban J connectivity index is 0.00000289. The molecule has 0 aromatic heterocycles. The van der Waals surface area contributed by atoms with Gasteiger partial charge in [0, 0.05) is 22.3 Å². The van der Waals surface area contributed by atoms with Crippen molar-refractivity contribution in [2.45, 2.75) is 39.3 Å². The zero-order valence-electron chi connectivity index (χ0n) is 11.3. The Morgan fingerprint density at radius 3 is 2.33 bits per heavy atom. The topological polar surface area (TPSA) is 4.44 Å². The quantitative estimate of drug-likeness (QED) is 0.724. The highest BCUT2D eigenvalue weighted by molar-refractivity contribution is 9.10. The van der Waals surface area contributed by atoms with Gasteiger partial charge in [-0.2, -0.15) is 0 Å². The molecule has 104 valence electrons. The number of nitrogens with one attached hydrogen (secondary N) is 1. The van der Waals surface area contributed by atoms with Crippen LogP contribution in [0.1, 0.15) is 32.8 Å². The van der Waals surface area contributed by atoms with Crippen molar-refractivity contribution in [1.82, 2.24) is 0 Å². The van der Waals surface area contributed by atoms with E-state index >= 15 is 0 Å². The van der Waals surface area contributed by atoms with Gasteiger partial charge in [0.15, 0.2) is 0 Å². The van der Waals surface area contributed by atoms with E-state index in [-0.39, 0.29) is 17.9 Å². The Morgan fingerprint density at radius 2 is 1.83 bits per heavy atom. The molecule has 0 saturated carbocycles. The maximum absolute atomic E-state index is 5.81. The van der Waals surface area contributed by atoms with Crippen LogP contribution in [0.15, 0.2) is 28.7 Å². The molecule has 1 aromatic rings. The van der Waals surface area contributed by atoms with Gasteiger partial charge in [0.1, 0.15) is 6.54 Å². The summed E-state index contributed by atoms with van der Waals surface area (Å²) in [5, 5.41) is 0. The molecule has 18 heavy (non-hydrogen) atoms. The van der Waals surface area contributed by atoms with Gasteiger partial charge >= 0.3 is 0 Å². The third-order valence-electron chi connectivity index (χ3n) is 3.03. The number of quaternary nitrogens is 1. The average molecular weight is 355 g/mol. The van der Waals surface area contributed by atoms with Crippen molar-refractivity contribution >= 4 is 27.5 Å². The molecule has 0 aliphatic carbocycles. The van der Waals surface area contributed by atoms with E-state index in [0.29, 0.717) is 0 Å². The molecule has 1 unspecified atom stereocenters. The van der Waals surface area contributed by atoms with Gasteiger partial charge in [-0.1, -0.05) is 34.1 Å². The molecule has 0 spiro atoms. The van der Waals surface area contributed by atoms with Crippen molar-refractivity contribution < 1.29 is 17.3 Å². The van der Waals surface area contributed by atoms with E-state index in [1.54, 1.807) is 4.90 Å². The maximum atomic E-state index is 5.81. The van der Waals surface area contributed by atoms with E-state index in [4.69, 9.17) is 11.6 Å². The van der Waals surface area contributed by atoms with Crippen LogP contribution in [0.2, 0.25) is 0 Å². The lowest BCUT2D eigenvalue weighted by Gasteiger charge is -2.32. The summed E-state index contributed by atoms with van der Waals surface area (Å²) >= 11 is 9.43. The van der Waals surface area contributed by atoms with Crippen LogP contribution in [-0.2, 0) is 6.54 Å². The summed E-state index contributed by atoms with van der Waals surface area (Å²) in [6, 6.07) is 8.46. The minimum Gasteiger partial charge on any atom is -1.00 e. The Kier molecular flexibility index (Phi) is 8.53. The van der Waals surface area contributed by atoms with E-state index < -0.39 is 0 Å². The molecule has 0 saturated heterocycles. The zero-order valence-corrected chi connectivity index (χ0v) is 14.4. The van der Waals surface area contributed by atoms with Gasteiger partial charge in [-0.3, -0.25) is 0 Å². The Morgan fingerprint density at radius 1 is 1.22 bits per heavy atom. The predicted molar refractivity (Wildman–Crippen MR) is 78.8 cm³/mol. The second-order valence-corrected chi connectivity index (χ2v) is 6.65. The van der Waals surface area contributed by atoms with Crippen LogP contribution >= 0.6 is 27.5 Å². The van der Waals surface area contributed by atoms with Crippen LogP contribution in [0.5, 0.6) is 0 Å². The predicted octanol–water partition coefficient (Wildman–Crippen LogP) is 0.265. The first-order valence-electron chi connectivity index (χ1n) is 6.09. The van der Waals surface area contributed by atoms with Crippen molar-refractivity contribution in [3.63, 3.8) is 0 Å². The van der Waals surface area contributed by atoms with Crippen LogP contribution in [-0.4, -0.2) is 18.0 Å². The van der Waals surface area contributed by atoms with Crippen LogP contribution in [0.25, 0.3) is 0 Å². The summed E-state index contributed by atoms with van der Waals surface area (Å²) in [6.07, 6.45) is 1.07. The summed E-state index contributed by atoms with van der Waals surface area (Å²) in [6.45, 7) is 9.02. The SMILES string of the molecule is CC(C)(C)[NH+](CCCCl)Cc1ccccc1Br.[Cl-]. The highest BCUT2D eigenvalue weighted by Gasteiger charge is 2.25. The summed E-state index contributed by atoms with van der Waals surface area (Å²) in [4.78, 5) is 1.57. The summed E-state index contributed by atoms with van der Waals surface area (Å²) in [5.41, 5.74) is 1.62. The monoisotopic (exact) mass is 353 g/mol. The lowest BCUT2D eigenvalue weighted by Crippen LogP contribution is -3.17. The number of halogens is 3. The summed E-state index contributed by atoms with van der Waals surface area (Å²) in [5.74, 6) is 0.746. The lowest BCUT2D eigenvalue weighted by molar-refractivity contribution is -0.959. The second-order valence-electron chi connectivity index (χ2n) is 5.41. The normalized spacial score (nSPS) is 12.9. The van der Waals surface area contributed by atoms with Gasteiger partial charge in [0.25, 0.3) is 0 Å². The smallest absolute Gasteiger partial charge is 0.104 e. The molecule has 0 aliphatic heterocycles. The molecule has 1 N–H and O–H groups in total. The van der Waals surface area contributed by atoms with Gasteiger partial charge in [-0.05, 0) is 26.8 Å². The Hall–Kier alpha value is 0.240. The largest absolute Gasteiger partial charge is 1.00 e. The molecule has 0 amide bonds. The fourth-order valence-corrected chi connectivity index (χ4v) is 2.44. The fraction of sp³-hybridized carbons (Fsp3) is 0.571. The first kappa shape index (κ1) is 18.2. The van der Waals surface area contributed by atoms with E-state index in [2.05, 4.69) is 61.0 Å². The molecule has 0 bridgehead atoms. The van der Waals surface area contributed by atoms with E-state index in [0.717, 1.165) is 25.4 Å². The second kappa shape index (κ2) is 8.42. The molecule has 1 nitrogen and oxygen atoms in total. The third kappa shape index (κ3) is 5.92. The van der Waals surface area contributed by atoms with Crippen LogP contribution in [0, 0.1) is 0 Å². The molecule has 0 fully saturated rings. The minimum absolute atomic E-state index is 0. The Labute approximate surface area is 130 Å². The Bertz CT molecular complexity index is 350. The molecule has 4 heteroatoms. The molecule has 0 aliphatic rings. The van der Waals surface area contributed by atoms with Gasteiger partial charge in [0.2, 0.25) is 0 Å². The minimum atomic E-state index is 0. The summed E-state index contributed by atoms with van der Waals surface area (Å²) < 4.78 is 1.20. The van der Waals surface area contributed by atoms with Crippen molar-refractivity contribution in [1.29, 1.82) is 0 Å². The third-order valence-corrected chi connectivity index (χ3v) is 4.08. The lowest BCUT2D eigenvalue weighted by atomic mass is 10.0. The molecule has 1 atom stereocenters. The highest BCUT2D eigenvalue weighted by atomic mass is 79.9. The molecule has 0 radical (unpaired) electrons. The molecular weight excluding hydrogens is 333 g/mol. The fourth-order valence-electron chi connectivity index (χ4n) is 1.88. The maximum Gasteiger partial charge on any atom is 0.104 e. The molecule has 1 aromatic carbocycles. The van der Waals surface area contributed by atoms with Crippen LogP contribution in [0.3, 0.4) is 0 Å². The number of benzene rings is 1. The van der Waals surface area contributed by atoms with Crippen molar-refractivity contribution in [3.8, 4) is 0 Å². The van der Waals surface area contributed by atoms with E-state index in [9.17, 15) is 0 Å². The van der Waals surface area contributed by atoms with Gasteiger partial charge in [-0.15, -0.1) is 11.6 Å². The van der Waals surface area contributed by atoms with E-state index in [1.165, 1.54) is 10.0 Å². The first-order valence-corrected chi connectivity index (χ1v) is 7.42. The number of alkyl halides is 1. The summed E-state index contributed by atoms with van der Waals surface area (Å²) in [7, 11) is 0. The molecule has 0 heterocycles.